The van der Waals surface area contributed by atoms with Crippen molar-refractivity contribution in [1.29, 1.82) is 0 Å². The summed E-state index contributed by atoms with van der Waals surface area (Å²) in [5, 5.41) is 2.73. The van der Waals surface area contributed by atoms with Gasteiger partial charge in [-0.1, -0.05) is 6.92 Å². The smallest absolute Gasteiger partial charge is 0.217 e. The molecule has 2 unspecified atom stereocenters. The van der Waals surface area contributed by atoms with E-state index in [-0.39, 0.29) is 5.25 Å². The zero-order valence-electron chi connectivity index (χ0n) is 11.0. The summed E-state index contributed by atoms with van der Waals surface area (Å²) < 4.78 is 31.2. The van der Waals surface area contributed by atoms with Crippen molar-refractivity contribution in [3.8, 4) is 0 Å². The molecule has 0 aliphatic carbocycles. The van der Waals surface area contributed by atoms with E-state index in [0.717, 1.165) is 13.0 Å². The Labute approximate surface area is 105 Å². The van der Waals surface area contributed by atoms with Crippen molar-refractivity contribution >= 4 is 10.0 Å². The van der Waals surface area contributed by atoms with Gasteiger partial charge in [0.15, 0.2) is 0 Å². The molecule has 17 heavy (non-hydrogen) atoms. The van der Waals surface area contributed by atoms with E-state index >= 15 is 0 Å². The van der Waals surface area contributed by atoms with Crippen LogP contribution < -0.4 is 5.32 Å². The van der Waals surface area contributed by atoms with Crippen LogP contribution in [0.1, 0.15) is 20.3 Å². The van der Waals surface area contributed by atoms with E-state index in [1.54, 1.807) is 18.3 Å². The summed E-state index contributed by atoms with van der Waals surface area (Å²) in [6, 6.07) is 0. The standard InChI is InChI=1S/C11H24N2O3S/c1-4-12-7-10(2)17(14,15)13-6-5-11(8-13)9-16-3/h10-12H,4-9H2,1-3H3. The summed E-state index contributed by atoms with van der Waals surface area (Å²) in [4.78, 5) is 0. The van der Waals surface area contributed by atoms with Crippen molar-refractivity contribution in [1.82, 2.24) is 9.62 Å². The van der Waals surface area contributed by atoms with Crippen molar-refractivity contribution in [2.24, 2.45) is 5.92 Å². The molecular formula is C11H24N2O3S. The number of sulfonamides is 1. The highest BCUT2D eigenvalue weighted by Gasteiger charge is 2.34. The average Bonchev–Trinajstić information content (AvgIpc) is 2.75. The fraction of sp³-hybridized carbons (Fsp3) is 1.00. The van der Waals surface area contributed by atoms with Gasteiger partial charge in [-0.2, -0.15) is 0 Å². The number of rotatable bonds is 7. The van der Waals surface area contributed by atoms with E-state index in [1.807, 2.05) is 6.92 Å². The molecule has 1 aliphatic heterocycles. The number of ether oxygens (including phenoxy) is 1. The topological polar surface area (TPSA) is 58.6 Å². The van der Waals surface area contributed by atoms with Crippen LogP contribution in [0.5, 0.6) is 0 Å². The minimum Gasteiger partial charge on any atom is -0.384 e. The van der Waals surface area contributed by atoms with Gasteiger partial charge >= 0.3 is 0 Å². The van der Waals surface area contributed by atoms with E-state index in [0.29, 0.717) is 32.2 Å². The molecule has 1 heterocycles. The Morgan fingerprint density at radius 2 is 2.24 bits per heavy atom. The predicted molar refractivity (Wildman–Crippen MR) is 68.5 cm³/mol. The molecule has 0 aromatic heterocycles. The largest absolute Gasteiger partial charge is 0.384 e. The molecule has 1 aliphatic rings. The second-order valence-corrected chi connectivity index (χ2v) is 6.98. The van der Waals surface area contributed by atoms with Gasteiger partial charge in [-0.25, -0.2) is 12.7 Å². The number of methoxy groups -OCH3 is 1. The number of hydrogen-bond acceptors (Lipinski definition) is 4. The van der Waals surface area contributed by atoms with Gasteiger partial charge in [-0.15, -0.1) is 0 Å². The van der Waals surface area contributed by atoms with Gasteiger partial charge in [0.05, 0.1) is 11.9 Å². The lowest BCUT2D eigenvalue weighted by molar-refractivity contribution is 0.157. The Kier molecular flexibility index (Phi) is 5.85. The van der Waals surface area contributed by atoms with Crippen LogP contribution in [0.15, 0.2) is 0 Å². The molecule has 1 fully saturated rings. The van der Waals surface area contributed by atoms with Crippen LogP contribution in [0, 0.1) is 5.92 Å². The molecule has 0 spiro atoms. The van der Waals surface area contributed by atoms with Gasteiger partial charge in [-0.05, 0) is 25.8 Å². The molecule has 0 radical (unpaired) electrons. The molecule has 1 rings (SSSR count). The highest BCUT2D eigenvalue weighted by molar-refractivity contribution is 7.89. The zero-order chi connectivity index (χ0) is 12.9. The average molecular weight is 264 g/mol. The molecule has 0 aromatic rings. The van der Waals surface area contributed by atoms with Crippen LogP contribution in [0.4, 0.5) is 0 Å². The summed E-state index contributed by atoms with van der Waals surface area (Å²) in [7, 11) is -1.49. The Balaban J connectivity index is 2.53. The molecule has 1 saturated heterocycles. The Morgan fingerprint density at radius 1 is 1.53 bits per heavy atom. The number of hydrogen-bond donors (Lipinski definition) is 1. The predicted octanol–water partition coefficient (Wildman–Crippen LogP) is 0.283. The molecule has 0 saturated carbocycles. The van der Waals surface area contributed by atoms with Gasteiger partial charge in [0, 0.05) is 26.7 Å². The van der Waals surface area contributed by atoms with Gasteiger partial charge in [-0.3, -0.25) is 0 Å². The van der Waals surface area contributed by atoms with Crippen molar-refractivity contribution < 1.29 is 13.2 Å². The molecule has 0 bridgehead atoms. The first-order valence-corrected chi connectivity index (χ1v) is 7.71. The van der Waals surface area contributed by atoms with Crippen LogP contribution in [-0.4, -0.2) is 57.9 Å². The second-order valence-electron chi connectivity index (χ2n) is 4.63. The summed E-state index contributed by atoms with van der Waals surface area (Å²) >= 11 is 0. The molecule has 6 heteroatoms. The molecule has 1 N–H and O–H groups in total. The second kappa shape index (κ2) is 6.68. The van der Waals surface area contributed by atoms with E-state index in [2.05, 4.69) is 5.32 Å². The first-order chi connectivity index (χ1) is 8.02. The Hall–Kier alpha value is -0.170. The zero-order valence-corrected chi connectivity index (χ0v) is 11.8. The Morgan fingerprint density at radius 3 is 2.82 bits per heavy atom. The lowest BCUT2D eigenvalue weighted by Gasteiger charge is -2.21. The normalized spacial score (nSPS) is 24.1. The summed E-state index contributed by atoms with van der Waals surface area (Å²) in [5.74, 6) is 0.348. The summed E-state index contributed by atoms with van der Waals surface area (Å²) in [5.41, 5.74) is 0. The minimum absolute atomic E-state index is 0.348. The monoisotopic (exact) mass is 264 g/mol. The van der Waals surface area contributed by atoms with Crippen LogP contribution in [-0.2, 0) is 14.8 Å². The fourth-order valence-corrected chi connectivity index (χ4v) is 3.72. The summed E-state index contributed by atoms with van der Waals surface area (Å²) in [6.45, 7) is 6.94. The third kappa shape index (κ3) is 3.91. The van der Waals surface area contributed by atoms with Crippen LogP contribution >= 0.6 is 0 Å². The fourth-order valence-electron chi connectivity index (χ4n) is 2.11. The number of nitrogens with one attached hydrogen (secondary N) is 1. The lowest BCUT2D eigenvalue weighted by atomic mass is 10.1. The van der Waals surface area contributed by atoms with E-state index in [9.17, 15) is 8.42 Å². The molecule has 0 aromatic carbocycles. The van der Waals surface area contributed by atoms with Crippen LogP contribution in [0.3, 0.4) is 0 Å². The molecule has 5 nitrogen and oxygen atoms in total. The SMILES string of the molecule is CCNCC(C)S(=O)(=O)N1CCC(COC)C1. The maximum absolute atomic E-state index is 12.2. The Bertz CT molecular complexity index is 319. The first kappa shape index (κ1) is 14.9. The molecule has 2 atom stereocenters. The van der Waals surface area contributed by atoms with Crippen molar-refractivity contribution in [3.63, 3.8) is 0 Å². The maximum Gasteiger partial charge on any atom is 0.217 e. The quantitative estimate of drug-likeness (QED) is 0.718. The lowest BCUT2D eigenvalue weighted by Crippen LogP contribution is -2.41. The van der Waals surface area contributed by atoms with Gasteiger partial charge in [0.1, 0.15) is 0 Å². The molecule has 0 amide bonds. The molecule has 102 valence electrons. The number of nitrogens with zero attached hydrogens (tertiary/aromatic N) is 1. The van der Waals surface area contributed by atoms with E-state index in [4.69, 9.17) is 4.74 Å². The van der Waals surface area contributed by atoms with Crippen molar-refractivity contribution in [3.05, 3.63) is 0 Å². The van der Waals surface area contributed by atoms with Crippen LogP contribution in [0.2, 0.25) is 0 Å². The highest BCUT2D eigenvalue weighted by atomic mass is 32.2. The minimum atomic E-state index is -3.15. The third-order valence-electron chi connectivity index (χ3n) is 3.20. The van der Waals surface area contributed by atoms with Gasteiger partial charge in [0.25, 0.3) is 0 Å². The first-order valence-electron chi connectivity index (χ1n) is 6.21. The third-order valence-corrected chi connectivity index (χ3v) is 5.44. The highest BCUT2D eigenvalue weighted by Crippen LogP contribution is 2.21. The van der Waals surface area contributed by atoms with Crippen molar-refractivity contribution in [2.75, 3.05) is 39.9 Å². The van der Waals surface area contributed by atoms with Crippen molar-refractivity contribution in [2.45, 2.75) is 25.5 Å². The van der Waals surface area contributed by atoms with Gasteiger partial charge in [0.2, 0.25) is 10.0 Å². The van der Waals surface area contributed by atoms with Crippen LogP contribution in [0.25, 0.3) is 0 Å². The van der Waals surface area contributed by atoms with E-state index in [1.165, 1.54) is 0 Å². The maximum atomic E-state index is 12.2. The van der Waals surface area contributed by atoms with Gasteiger partial charge < -0.3 is 10.1 Å². The van der Waals surface area contributed by atoms with E-state index < -0.39 is 10.0 Å². The molecular weight excluding hydrogens is 240 g/mol. The summed E-state index contributed by atoms with van der Waals surface area (Å²) in [6.07, 6.45) is 0.904.